The lowest BCUT2D eigenvalue weighted by atomic mass is 10.0. The van der Waals surface area contributed by atoms with E-state index >= 15 is 0 Å². The highest BCUT2D eigenvalue weighted by molar-refractivity contribution is 5.55. The molecule has 3 nitrogen and oxygen atoms in total. The van der Waals surface area contributed by atoms with E-state index in [2.05, 4.69) is 49.0 Å². The van der Waals surface area contributed by atoms with Crippen LogP contribution in [0.4, 0.5) is 11.4 Å². The molecule has 1 heterocycles. The summed E-state index contributed by atoms with van der Waals surface area (Å²) in [6.45, 7) is 12.0. The number of hydrogen-bond acceptors (Lipinski definition) is 3. The van der Waals surface area contributed by atoms with Gasteiger partial charge in [-0.25, -0.2) is 0 Å². The van der Waals surface area contributed by atoms with Crippen molar-refractivity contribution in [3.63, 3.8) is 0 Å². The molecule has 0 aliphatic heterocycles. The summed E-state index contributed by atoms with van der Waals surface area (Å²) in [7, 11) is 0. The van der Waals surface area contributed by atoms with E-state index < -0.39 is 0 Å². The molecular formula is C15H27N3. The Kier molecular flexibility index (Phi) is 6.55. The number of nitrogens with zero attached hydrogens (tertiary/aromatic N) is 2. The number of nitrogens with one attached hydrogen (secondary N) is 1. The molecule has 0 atom stereocenters. The largest absolute Gasteiger partial charge is 0.384 e. The summed E-state index contributed by atoms with van der Waals surface area (Å²) in [5, 5.41) is 3.32. The molecule has 0 saturated carbocycles. The van der Waals surface area contributed by atoms with Crippen LogP contribution >= 0.6 is 0 Å². The van der Waals surface area contributed by atoms with Gasteiger partial charge in [0.05, 0.1) is 23.8 Å². The molecule has 1 N–H and O–H groups in total. The Balaban J connectivity index is 2.77. The second kappa shape index (κ2) is 7.96. The van der Waals surface area contributed by atoms with Crippen LogP contribution in [0.15, 0.2) is 18.5 Å². The molecule has 0 fully saturated rings. The van der Waals surface area contributed by atoms with Crippen LogP contribution in [0.25, 0.3) is 0 Å². The molecule has 0 spiro atoms. The summed E-state index contributed by atoms with van der Waals surface area (Å²) in [5.41, 5.74) is 2.33. The van der Waals surface area contributed by atoms with Crippen LogP contribution in [0, 0.1) is 5.92 Å². The van der Waals surface area contributed by atoms with Crippen molar-refractivity contribution in [1.29, 1.82) is 0 Å². The average Bonchev–Trinajstić information content (AvgIpc) is 2.41. The van der Waals surface area contributed by atoms with E-state index in [0.717, 1.165) is 31.2 Å². The summed E-state index contributed by atoms with van der Waals surface area (Å²) in [5.74, 6) is 0.771. The minimum absolute atomic E-state index is 0.771. The van der Waals surface area contributed by atoms with E-state index in [0.29, 0.717) is 0 Å². The lowest BCUT2D eigenvalue weighted by molar-refractivity contribution is 0.486. The van der Waals surface area contributed by atoms with E-state index in [9.17, 15) is 0 Å². The molecule has 0 unspecified atom stereocenters. The van der Waals surface area contributed by atoms with E-state index in [1.807, 2.05) is 12.4 Å². The summed E-state index contributed by atoms with van der Waals surface area (Å²) in [6, 6.07) is 2.20. The normalized spacial score (nSPS) is 10.7. The fourth-order valence-corrected chi connectivity index (χ4v) is 2.18. The Morgan fingerprint density at radius 1 is 1.17 bits per heavy atom. The molecular weight excluding hydrogens is 222 g/mol. The minimum atomic E-state index is 0.771. The molecule has 1 aromatic heterocycles. The minimum Gasteiger partial charge on any atom is -0.384 e. The highest BCUT2D eigenvalue weighted by Crippen LogP contribution is 2.20. The SMILES string of the molecule is CCNc1cncc(N(CC)CC(CC)CC)c1. The summed E-state index contributed by atoms with van der Waals surface area (Å²) < 4.78 is 0. The molecule has 0 aromatic carbocycles. The maximum Gasteiger partial charge on any atom is 0.0573 e. The Morgan fingerprint density at radius 2 is 1.89 bits per heavy atom. The zero-order valence-corrected chi connectivity index (χ0v) is 12.2. The van der Waals surface area contributed by atoms with Crippen LogP contribution in [-0.2, 0) is 0 Å². The molecule has 0 radical (unpaired) electrons. The molecule has 1 aromatic rings. The molecule has 0 amide bonds. The van der Waals surface area contributed by atoms with Crippen molar-refractivity contribution in [2.75, 3.05) is 29.9 Å². The first kappa shape index (κ1) is 14.8. The Hall–Kier alpha value is -1.25. The van der Waals surface area contributed by atoms with Crippen molar-refractivity contribution in [2.24, 2.45) is 5.92 Å². The van der Waals surface area contributed by atoms with Crippen molar-refractivity contribution in [2.45, 2.75) is 40.5 Å². The highest BCUT2D eigenvalue weighted by atomic mass is 15.1. The Morgan fingerprint density at radius 3 is 2.44 bits per heavy atom. The van der Waals surface area contributed by atoms with Gasteiger partial charge in [0.15, 0.2) is 0 Å². The molecule has 0 bridgehead atoms. The van der Waals surface area contributed by atoms with Gasteiger partial charge in [0.25, 0.3) is 0 Å². The Labute approximate surface area is 112 Å². The van der Waals surface area contributed by atoms with Crippen LogP contribution in [0.2, 0.25) is 0 Å². The van der Waals surface area contributed by atoms with Gasteiger partial charge in [-0.2, -0.15) is 0 Å². The van der Waals surface area contributed by atoms with E-state index in [1.54, 1.807) is 0 Å². The molecule has 0 saturated heterocycles. The maximum absolute atomic E-state index is 4.33. The topological polar surface area (TPSA) is 28.2 Å². The lowest BCUT2D eigenvalue weighted by Crippen LogP contribution is -2.29. The molecule has 102 valence electrons. The summed E-state index contributed by atoms with van der Waals surface area (Å²) >= 11 is 0. The monoisotopic (exact) mass is 249 g/mol. The third kappa shape index (κ3) is 4.21. The molecule has 1 rings (SSSR count). The third-order valence-electron chi connectivity index (χ3n) is 3.48. The fraction of sp³-hybridized carbons (Fsp3) is 0.667. The first-order valence-corrected chi connectivity index (χ1v) is 7.18. The van der Waals surface area contributed by atoms with Crippen LogP contribution in [0.1, 0.15) is 40.5 Å². The standard InChI is InChI=1S/C15H27N3/c1-5-13(6-2)12-18(8-4)15-9-14(17-7-3)10-16-11-15/h9-11,13,17H,5-8,12H2,1-4H3. The maximum atomic E-state index is 4.33. The van der Waals surface area contributed by atoms with E-state index in [4.69, 9.17) is 0 Å². The number of aromatic nitrogens is 1. The summed E-state index contributed by atoms with van der Waals surface area (Å²) in [6.07, 6.45) is 6.34. The first-order valence-electron chi connectivity index (χ1n) is 7.18. The number of anilines is 2. The van der Waals surface area contributed by atoms with Gasteiger partial charge in [0.2, 0.25) is 0 Å². The number of hydrogen-bond donors (Lipinski definition) is 1. The molecule has 3 heteroatoms. The van der Waals surface area contributed by atoms with Crippen molar-refractivity contribution in [1.82, 2.24) is 4.98 Å². The van der Waals surface area contributed by atoms with Gasteiger partial charge in [0, 0.05) is 19.6 Å². The van der Waals surface area contributed by atoms with Gasteiger partial charge in [0.1, 0.15) is 0 Å². The van der Waals surface area contributed by atoms with Crippen LogP contribution in [0.5, 0.6) is 0 Å². The van der Waals surface area contributed by atoms with Gasteiger partial charge in [-0.05, 0) is 25.8 Å². The van der Waals surface area contributed by atoms with Crippen molar-refractivity contribution in [3.05, 3.63) is 18.5 Å². The smallest absolute Gasteiger partial charge is 0.0573 e. The van der Waals surface area contributed by atoms with Gasteiger partial charge in [-0.1, -0.05) is 26.7 Å². The predicted molar refractivity (Wildman–Crippen MR) is 80.4 cm³/mol. The first-order chi connectivity index (χ1) is 8.74. The third-order valence-corrected chi connectivity index (χ3v) is 3.48. The average molecular weight is 249 g/mol. The van der Waals surface area contributed by atoms with Gasteiger partial charge >= 0.3 is 0 Å². The zero-order valence-electron chi connectivity index (χ0n) is 12.2. The second-order valence-electron chi connectivity index (χ2n) is 4.68. The van der Waals surface area contributed by atoms with Crippen LogP contribution < -0.4 is 10.2 Å². The Bertz CT molecular complexity index is 334. The van der Waals surface area contributed by atoms with Crippen molar-refractivity contribution in [3.8, 4) is 0 Å². The second-order valence-corrected chi connectivity index (χ2v) is 4.68. The quantitative estimate of drug-likeness (QED) is 0.760. The molecule has 18 heavy (non-hydrogen) atoms. The van der Waals surface area contributed by atoms with Crippen molar-refractivity contribution < 1.29 is 0 Å². The predicted octanol–water partition coefficient (Wildman–Crippen LogP) is 3.78. The van der Waals surface area contributed by atoms with Crippen molar-refractivity contribution >= 4 is 11.4 Å². The fourth-order valence-electron chi connectivity index (χ4n) is 2.18. The number of pyridine rings is 1. The van der Waals surface area contributed by atoms with E-state index in [-0.39, 0.29) is 0 Å². The van der Waals surface area contributed by atoms with E-state index in [1.165, 1.54) is 18.5 Å². The van der Waals surface area contributed by atoms with Crippen LogP contribution in [-0.4, -0.2) is 24.6 Å². The summed E-state index contributed by atoms with van der Waals surface area (Å²) in [4.78, 5) is 6.75. The van der Waals surface area contributed by atoms with Crippen LogP contribution in [0.3, 0.4) is 0 Å². The zero-order chi connectivity index (χ0) is 13.4. The van der Waals surface area contributed by atoms with Gasteiger partial charge < -0.3 is 10.2 Å². The molecule has 0 aliphatic rings. The lowest BCUT2D eigenvalue weighted by Gasteiger charge is -2.27. The van der Waals surface area contributed by atoms with Gasteiger partial charge in [-0.3, -0.25) is 4.98 Å². The van der Waals surface area contributed by atoms with Gasteiger partial charge in [-0.15, -0.1) is 0 Å². The molecule has 0 aliphatic carbocycles. The number of rotatable bonds is 8. The highest BCUT2D eigenvalue weighted by Gasteiger charge is 2.11.